The highest BCUT2D eigenvalue weighted by atomic mass is 32.2. The third-order valence-corrected chi connectivity index (χ3v) is 3.03. The summed E-state index contributed by atoms with van der Waals surface area (Å²) in [6, 6.07) is -0.0509. The first kappa shape index (κ1) is 7.97. The van der Waals surface area contributed by atoms with E-state index in [2.05, 4.69) is 4.18 Å². The lowest BCUT2D eigenvalue weighted by atomic mass is 10.3. The fourth-order valence-electron chi connectivity index (χ4n) is 0.675. The minimum absolute atomic E-state index is 0.0509. The summed E-state index contributed by atoms with van der Waals surface area (Å²) in [6.45, 7) is 1.81. The van der Waals surface area contributed by atoms with Gasteiger partial charge in [-0.1, -0.05) is 0 Å². The van der Waals surface area contributed by atoms with E-state index in [0.717, 1.165) is 0 Å². The average molecular weight is 165 g/mol. The molecule has 0 amide bonds. The van der Waals surface area contributed by atoms with Gasteiger partial charge in [-0.05, 0) is 21.0 Å². The molecule has 0 aromatic carbocycles. The Morgan fingerprint density at radius 1 is 1.50 bits per heavy atom. The smallest absolute Gasteiger partial charge is 0.299 e. The molecule has 0 bridgehead atoms. The summed E-state index contributed by atoms with van der Waals surface area (Å²) < 4.78 is 25.6. The maximum atomic E-state index is 10.6. The minimum atomic E-state index is -3.14. The van der Waals surface area contributed by atoms with Gasteiger partial charge in [0, 0.05) is 0 Å². The molecule has 5 heteroatoms. The summed E-state index contributed by atoms with van der Waals surface area (Å²) in [4.78, 5) is 1.81. The zero-order valence-electron chi connectivity index (χ0n) is 6.23. The molecular formula is C5H11NO3S. The van der Waals surface area contributed by atoms with Gasteiger partial charge in [-0.15, -0.1) is 0 Å². The third kappa shape index (κ3) is 1.31. The monoisotopic (exact) mass is 165 g/mol. The van der Waals surface area contributed by atoms with Gasteiger partial charge in [0.2, 0.25) is 5.44 Å². The average Bonchev–Trinajstić information content (AvgIpc) is 2.38. The van der Waals surface area contributed by atoms with Gasteiger partial charge < -0.3 is 4.90 Å². The second-order valence-corrected chi connectivity index (χ2v) is 4.30. The lowest BCUT2D eigenvalue weighted by Gasteiger charge is -2.14. The van der Waals surface area contributed by atoms with Crippen LogP contribution in [0.25, 0.3) is 0 Å². The first-order valence-electron chi connectivity index (χ1n) is 3.03. The molecule has 1 fully saturated rings. The van der Waals surface area contributed by atoms with E-state index in [1.165, 1.54) is 0 Å². The topological polar surface area (TPSA) is 49.9 Å². The Bertz CT molecular complexity index is 221. The van der Waals surface area contributed by atoms with Gasteiger partial charge in [-0.25, -0.2) is 4.18 Å². The van der Waals surface area contributed by atoms with Crippen LogP contribution in [0, 0.1) is 0 Å². The molecule has 1 aliphatic heterocycles. The maximum Gasteiger partial charge on any atom is 0.299 e. The van der Waals surface area contributed by atoms with E-state index in [1.54, 1.807) is 0 Å². The second kappa shape index (κ2) is 2.18. The fraction of sp³-hybridized carbons (Fsp3) is 1.00. The zero-order chi connectivity index (χ0) is 7.94. The van der Waals surface area contributed by atoms with Gasteiger partial charge in [0.1, 0.15) is 0 Å². The van der Waals surface area contributed by atoms with Crippen molar-refractivity contribution in [3.63, 3.8) is 0 Å². The van der Waals surface area contributed by atoms with Crippen LogP contribution in [0.1, 0.15) is 6.92 Å². The molecular weight excluding hydrogens is 154 g/mol. The van der Waals surface area contributed by atoms with E-state index in [0.29, 0.717) is 0 Å². The van der Waals surface area contributed by atoms with Crippen LogP contribution in [0.2, 0.25) is 0 Å². The van der Waals surface area contributed by atoms with Crippen LogP contribution >= 0.6 is 0 Å². The summed E-state index contributed by atoms with van der Waals surface area (Å²) >= 11 is 0. The van der Waals surface area contributed by atoms with E-state index < -0.39 is 15.6 Å². The van der Waals surface area contributed by atoms with Crippen molar-refractivity contribution in [2.24, 2.45) is 0 Å². The Balaban J connectivity index is 2.56. The van der Waals surface area contributed by atoms with Crippen LogP contribution in [0.3, 0.4) is 0 Å². The van der Waals surface area contributed by atoms with Crippen LogP contribution < -0.4 is 0 Å². The van der Waals surface area contributed by atoms with Crippen molar-refractivity contribution in [1.29, 1.82) is 0 Å². The van der Waals surface area contributed by atoms with Crippen molar-refractivity contribution in [2.45, 2.75) is 18.4 Å². The minimum Gasteiger partial charge on any atom is -0.303 e. The Labute approximate surface area is 60.9 Å². The summed E-state index contributed by atoms with van der Waals surface area (Å²) in [5.74, 6) is 0. The van der Waals surface area contributed by atoms with Gasteiger partial charge in [0.05, 0.1) is 6.04 Å². The van der Waals surface area contributed by atoms with Crippen LogP contribution in [-0.2, 0) is 14.3 Å². The Morgan fingerprint density at radius 2 is 1.90 bits per heavy atom. The molecule has 4 nitrogen and oxygen atoms in total. The Hall–Kier alpha value is -0.130. The molecule has 0 spiro atoms. The SMILES string of the molecule is CC(C1OS1(=O)=O)N(C)C. The van der Waals surface area contributed by atoms with Gasteiger partial charge in [0.25, 0.3) is 10.1 Å². The normalized spacial score (nSPS) is 32.2. The van der Waals surface area contributed by atoms with Crippen molar-refractivity contribution < 1.29 is 12.6 Å². The standard InChI is InChI=1S/C5H11NO3S/c1-4(6(2)3)5-9-10(5,7)8/h4-5H,1-3H3. The van der Waals surface area contributed by atoms with Crippen LogP contribution in [-0.4, -0.2) is 38.9 Å². The Kier molecular flexibility index (Phi) is 1.74. The summed E-state index contributed by atoms with van der Waals surface area (Å²) in [5, 5.41) is 0. The number of hydrogen-bond donors (Lipinski definition) is 0. The molecule has 1 aliphatic rings. The van der Waals surface area contributed by atoms with Crippen molar-refractivity contribution in [3.8, 4) is 0 Å². The van der Waals surface area contributed by atoms with Crippen molar-refractivity contribution in [3.05, 3.63) is 0 Å². The van der Waals surface area contributed by atoms with Gasteiger partial charge in [-0.3, -0.25) is 0 Å². The first-order valence-corrected chi connectivity index (χ1v) is 4.51. The largest absolute Gasteiger partial charge is 0.303 e. The van der Waals surface area contributed by atoms with Crippen LogP contribution in [0.5, 0.6) is 0 Å². The summed E-state index contributed by atoms with van der Waals surface area (Å²) in [5.41, 5.74) is -0.595. The van der Waals surface area contributed by atoms with E-state index in [-0.39, 0.29) is 6.04 Å². The molecule has 0 aromatic rings. The molecule has 1 rings (SSSR count). The first-order chi connectivity index (χ1) is 4.45. The predicted octanol–water partition coefficient (Wildman–Crippen LogP) is -0.377. The molecule has 0 radical (unpaired) electrons. The second-order valence-electron chi connectivity index (χ2n) is 2.66. The number of likely N-dealkylation sites (N-methyl/N-ethyl adjacent to an activating group) is 1. The van der Waals surface area contributed by atoms with E-state index >= 15 is 0 Å². The highest BCUT2D eigenvalue weighted by Crippen LogP contribution is 2.29. The molecule has 2 unspecified atom stereocenters. The van der Waals surface area contributed by atoms with Crippen LogP contribution in [0.15, 0.2) is 0 Å². The lowest BCUT2D eigenvalue weighted by molar-refractivity contribution is 0.248. The lowest BCUT2D eigenvalue weighted by Crippen LogP contribution is -2.30. The zero-order valence-corrected chi connectivity index (χ0v) is 7.05. The molecule has 60 valence electrons. The van der Waals surface area contributed by atoms with E-state index in [4.69, 9.17) is 0 Å². The molecule has 0 aromatic heterocycles. The molecule has 0 aliphatic carbocycles. The van der Waals surface area contributed by atoms with Gasteiger partial charge in [0.15, 0.2) is 0 Å². The molecule has 0 saturated carbocycles. The van der Waals surface area contributed by atoms with E-state index in [9.17, 15) is 8.42 Å². The predicted molar refractivity (Wildman–Crippen MR) is 36.9 cm³/mol. The molecule has 0 N–H and O–H groups in total. The van der Waals surface area contributed by atoms with Crippen LogP contribution in [0.4, 0.5) is 0 Å². The third-order valence-electron chi connectivity index (χ3n) is 1.68. The fourth-order valence-corrected chi connectivity index (χ4v) is 1.97. The highest BCUT2D eigenvalue weighted by molar-refractivity contribution is 7.92. The van der Waals surface area contributed by atoms with Crippen molar-refractivity contribution in [2.75, 3.05) is 14.1 Å². The number of hydrogen-bond acceptors (Lipinski definition) is 4. The highest BCUT2D eigenvalue weighted by Gasteiger charge is 2.50. The van der Waals surface area contributed by atoms with Gasteiger partial charge >= 0.3 is 0 Å². The van der Waals surface area contributed by atoms with E-state index in [1.807, 2.05) is 25.9 Å². The quantitative estimate of drug-likeness (QED) is 0.523. The number of rotatable bonds is 2. The molecule has 1 heterocycles. The maximum absolute atomic E-state index is 10.6. The van der Waals surface area contributed by atoms with Crippen molar-refractivity contribution in [1.82, 2.24) is 4.90 Å². The Morgan fingerprint density at radius 3 is 2.00 bits per heavy atom. The molecule has 1 saturated heterocycles. The van der Waals surface area contributed by atoms with Gasteiger partial charge in [-0.2, -0.15) is 8.42 Å². The molecule has 10 heavy (non-hydrogen) atoms. The summed E-state index contributed by atoms with van der Waals surface area (Å²) in [6.07, 6.45) is 0. The molecule has 2 atom stereocenters. The van der Waals surface area contributed by atoms with Crippen molar-refractivity contribution >= 4 is 10.1 Å². The number of nitrogens with zero attached hydrogens (tertiary/aromatic N) is 1. The summed E-state index contributed by atoms with van der Waals surface area (Å²) in [7, 11) is 0.499.